The molecule has 0 spiro atoms. The van der Waals surface area contributed by atoms with Crippen LogP contribution in [0.15, 0.2) is 77.7 Å². The molecule has 1 amide bonds. The summed E-state index contributed by atoms with van der Waals surface area (Å²) < 4.78 is 27.5. The molecule has 0 radical (unpaired) electrons. The minimum absolute atomic E-state index is 0.110. The number of halogens is 1. The second-order valence-corrected chi connectivity index (χ2v) is 9.16. The van der Waals surface area contributed by atoms with Gasteiger partial charge < -0.3 is 5.32 Å². The summed E-state index contributed by atoms with van der Waals surface area (Å²) in [4.78, 5) is 12.4. The smallest absolute Gasteiger partial charge is 0.240 e. The summed E-state index contributed by atoms with van der Waals surface area (Å²) in [5.74, 6) is -0.110. The fourth-order valence-corrected chi connectivity index (χ4v) is 4.18. The molecule has 156 valence electrons. The molecule has 30 heavy (non-hydrogen) atoms. The standard InChI is InChI=1S/C23H23ClN2O3S/c1-17-15-20(24)10-13-22(17)26-23(27)14-9-18-7-11-21(12-8-18)30(28,29)25-16-19-5-3-2-4-6-19/h2-8,10-13,15,25H,9,14,16H2,1H3,(H,26,27). The van der Waals surface area contributed by atoms with Crippen molar-refractivity contribution in [3.05, 3.63) is 94.5 Å². The van der Waals surface area contributed by atoms with Crippen molar-refractivity contribution in [3.8, 4) is 0 Å². The maximum Gasteiger partial charge on any atom is 0.240 e. The van der Waals surface area contributed by atoms with E-state index in [1.54, 1.807) is 42.5 Å². The molecule has 0 fully saturated rings. The van der Waals surface area contributed by atoms with E-state index in [2.05, 4.69) is 10.0 Å². The third kappa shape index (κ3) is 6.16. The molecule has 7 heteroatoms. The predicted octanol–water partition coefficient (Wildman–Crippen LogP) is 4.70. The van der Waals surface area contributed by atoms with Crippen molar-refractivity contribution >= 4 is 33.2 Å². The van der Waals surface area contributed by atoms with Gasteiger partial charge in [0.1, 0.15) is 0 Å². The topological polar surface area (TPSA) is 75.3 Å². The van der Waals surface area contributed by atoms with E-state index < -0.39 is 10.0 Å². The number of anilines is 1. The van der Waals surface area contributed by atoms with Crippen molar-refractivity contribution in [2.45, 2.75) is 31.2 Å². The monoisotopic (exact) mass is 442 g/mol. The molecule has 5 nitrogen and oxygen atoms in total. The van der Waals surface area contributed by atoms with Gasteiger partial charge in [0.15, 0.2) is 0 Å². The third-order valence-corrected chi connectivity index (χ3v) is 6.30. The first kappa shape index (κ1) is 22.0. The van der Waals surface area contributed by atoms with Gasteiger partial charge in [-0.1, -0.05) is 54.1 Å². The molecular formula is C23H23ClN2O3S. The van der Waals surface area contributed by atoms with Crippen LogP contribution in [-0.4, -0.2) is 14.3 Å². The van der Waals surface area contributed by atoms with Crippen LogP contribution in [0.25, 0.3) is 0 Å². The van der Waals surface area contributed by atoms with Crippen LogP contribution in [0, 0.1) is 6.92 Å². The van der Waals surface area contributed by atoms with E-state index in [-0.39, 0.29) is 17.3 Å². The zero-order valence-electron chi connectivity index (χ0n) is 16.6. The zero-order valence-corrected chi connectivity index (χ0v) is 18.1. The first-order valence-corrected chi connectivity index (χ1v) is 11.4. The van der Waals surface area contributed by atoms with Crippen molar-refractivity contribution in [3.63, 3.8) is 0 Å². The molecule has 3 aromatic carbocycles. The van der Waals surface area contributed by atoms with Crippen molar-refractivity contribution in [1.82, 2.24) is 4.72 Å². The normalized spacial score (nSPS) is 11.3. The Kier molecular flexibility index (Phi) is 7.26. The van der Waals surface area contributed by atoms with Crippen molar-refractivity contribution in [2.75, 3.05) is 5.32 Å². The zero-order chi connectivity index (χ0) is 21.6. The molecule has 3 aromatic rings. The molecule has 0 aromatic heterocycles. The number of hydrogen-bond donors (Lipinski definition) is 2. The molecule has 2 N–H and O–H groups in total. The summed E-state index contributed by atoms with van der Waals surface area (Å²) in [6, 6.07) is 21.2. The van der Waals surface area contributed by atoms with Gasteiger partial charge in [0.25, 0.3) is 0 Å². The van der Waals surface area contributed by atoms with Crippen LogP contribution in [0.2, 0.25) is 5.02 Å². The summed E-state index contributed by atoms with van der Waals surface area (Å²) in [6.07, 6.45) is 0.802. The Hall–Kier alpha value is -2.67. The van der Waals surface area contributed by atoms with Gasteiger partial charge >= 0.3 is 0 Å². The molecular weight excluding hydrogens is 420 g/mol. The lowest BCUT2D eigenvalue weighted by Crippen LogP contribution is -2.23. The van der Waals surface area contributed by atoms with Gasteiger partial charge in [-0.15, -0.1) is 0 Å². The van der Waals surface area contributed by atoms with Crippen LogP contribution >= 0.6 is 11.6 Å². The second kappa shape index (κ2) is 9.89. The van der Waals surface area contributed by atoms with Crippen LogP contribution in [0.5, 0.6) is 0 Å². The highest BCUT2D eigenvalue weighted by Gasteiger charge is 2.14. The number of carbonyl (C=O) groups excluding carboxylic acids is 1. The molecule has 0 aliphatic carbocycles. The number of sulfonamides is 1. The van der Waals surface area contributed by atoms with Crippen molar-refractivity contribution < 1.29 is 13.2 Å². The van der Waals surface area contributed by atoms with Crippen molar-refractivity contribution in [2.24, 2.45) is 0 Å². The number of hydrogen-bond acceptors (Lipinski definition) is 3. The van der Waals surface area contributed by atoms with Crippen LogP contribution in [0.3, 0.4) is 0 Å². The van der Waals surface area contributed by atoms with E-state index in [4.69, 9.17) is 11.6 Å². The summed E-state index contributed by atoms with van der Waals surface area (Å²) in [7, 11) is -3.60. The predicted molar refractivity (Wildman–Crippen MR) is 120 cm³/mol. The molecule has 0 saturated carbocycles. The van der Waals surface area contributed by atoms with E-state index in [1.807, 2.05) is 37.3 Å². The van der Waals surface area contributed by atoms with E-state index in [0.29, 0.717) is 17.9 Å². The lowest BCUT2D eigenvalue weighted by Gasteiger charge is -2.10. The highest BCUT2D eigenvalue weighted by Crippen LogP contribution is 2.20. The first-order valence-electron chi connectivity index (χ1n) is 9.52. The lowest BCUT2D eigenvalue weighted by molar-refractivity contribution is -0.116. The molecule has 0 aliphatic heterocycles. The summed E-state index contributed by atoms with van der Waals surface area (Å²) in [6.45, 7) is 2.11. The number of carbonyl (C=O) groups is 1. The second-order valence-electron chi connectivity index (χ2n) is 6.96. The highest BCUT2D eigenvalue weighted by atomic mass is 35.5. The third-order valence-electron chi connectivity index (χ3n) is 4.65. The van der Waals surface area contributed by atoms with Crippen LogP contribution < -0.4 is 10.0 Å². The molecule has 0 saturated heterocycles. The molecule has 3 rings (SSSR count). The Bertz CT molecular complexity index is 1110. The van der Waals surface area contributed by atoms with Gasteiger partial charge in [-0.25, -0.2) is 13.1 Å². The minimum Gasteiger partial charge on any atom is -0.326 e. The summed E-state index contributed by atoms with van der Waals surface area (Å²) in [5, 5.41) is 3.50. The van der Waals surface area contributed by atoms with Gasteiger partial charge in [-0.3, -0.25) is 4.79 Å². The Balaban J connectivity index is 1.54. The number of benzene rings is 3. The Labute approximate surface area is 182 Å². The van der Waals surface area contributed by atoms with E-state index >= 15 is 0 Å². The van der Waals surface area contributed by atoms with E-state index in [0.717, 1.165) is 22.4 Å². The molecule has 0 heterocycles. The van der Waals surface area contributed by atoms with E-state index in [1.165, 1.54) is 0 Å². The maximum absolute atomic E-state index is 12.5. The number of amides is 1. The fraction of sp³-hybridized carbons (Fsp3) is 0.174. The molecule has 0 atom stereocenters. The van der Waals surface area contributed by atoms with Gasteiger partial charge in [0, 0.05) is 23.7 Å². The van der Waals surface area contributed by atoms with Gasteiger partial charge in [0.05, 0.1) is 4.90 Å². The van der Waals surface area contributed by atoms with Crippen molar-refractivity contribution in [1.29, 1.82) is 0 Å². The fourth-order valence-electron chi connectivity index (χ4n) is 2.93. The quantitative estimate of drug-likeness (QED) is 0.531. The Morgan fingerprint density at radius 1 is 0.933 bits per heavy atom. The first-order chi connectivity index (χ1) is 14.3. The van der Waals surface area contributed by atoms with E-state index in [9.17, 15) is 13.2 Å². The average molecular weight is 443 g/mol. The van der Waals surface area contributed by atoms with Gasteiger partial charge in [0.2, 0.25) is 15.9 Å². The maximum atomic E-state index is 12.5. The summed E-state index contributed by atoms with van der Waals surface area (Å²) >= 11 is 5.93. The van der Waals surface area contributed by atoms with Crippen LogP contribution in [-0.2, 0) is 27.8 Å². The molecule has 0 unspecified atom stereocenters. The largest absolute Gasteiger partial charge is 0.326 e. The van der Waals surface area contributed by atoms with Crippen LogP contribution in [0.4, 0.5) is 5.69 Å². The number of rotatable bonds is 8. The minimum atomic E-state index is -3.60. The average Bonchev–Trinajstić information content (AvgIpc) is 2.74. The molecule has 0 aliphatic rings. The Morgan fingerprint density at radius 3 is 2.30 bits per heavy atom. The number of nitrogens with one attached hydrogen (secondary N) is 2. The Morgan fingerprint density at radius 2 is 1.63 bits per heavy atom. The lowest BCUT2D eigenvalue weighted by atomic mass is 10.1. The van der Waals surface area contributed by atoms with Gasteiger partial charge in [-0.05, 0) is 60.4 Å². The molecule has 0 bridgehead atoms. The van der Waals surface area contributed by atoms with Crippen LogP contribution in [0.1, 0.15) is 23.1 Å². The number of aryl methyl sites for hydroxylation is 2. The van der Waals surface area contributed by atoms with Gasteiger partial charge in [-0.2, -0.15) is 0 Å². The highest BCUT2D eigenvalue weighted by molar-refractivity contribution is 7.89. The summed E-state index contributed by atoms with van der Waals surface area (Å²) in [5.41, 5.74) is 3.41. The SMILES string of the molecule is Cc1cc(Cl)ccc1NC(=O)CCc1ccc(S(=O)(=O)NCc2ccccc2)cc1.